The predicted octanol–water partition coefficient (Wildman–Crippen LogP) is 3.65. The topological polar surface area (TPSA) is 192 Å². The summed E-state index contributed by atoms with van der Waals surface area (Å²) in [5, 5.41) is 37.0. The zero-order chi connectivity index (χ0) is 42.5. The summed E-state index contributed by atoms with van der Waals surface area (Å²) in [6.45, 7) is 20.6. The average Bonchev–Trinajstić information content (AvgIpc) is 3.12. The van der Waals surface area contributed by atoms with Crippen LogP contribution >= 0.6 is 0 Å². The molecule has 0 aromatic carbocycles. The van der Waals surface area contributed by atoms with Crippen molar-refractivity contribution in [2.75, 3.05) is 27.7 Å². The number of aliphatic hydroxyl groups is 3. The number of nitrogens with zero attached hydrogens (tertiary/aromatic N) is 1. The van der Waals surface area contributed by atoms with Gasteiger partial charge in [0.1, 0.15) is 35.6 Å². The van der Waals surface area contributed by atoms with Crippen molar-refractivity contribution in [3.05, 3.63) is 24.3 Å². The van der Waals surface area contributed by atoms with Crippen LogP contribution in [0.15, 0.2) is 24.3 Å². The molecule has 0 saturated carbocycles. The minimum Gasteiger partial charge on any atom is -0.459 e. The van der Waals surface area contributed by atoms with E-state index in [2.05, 4.69) is 11.9 Å². The van der Waals surface area contributed by atoms with Crippen molar-refractivity contribution in [2.24, 2.45) is 17.8 Å². The second kappa shape index (κ2) is 26.3. The van der Waals surface area contributed by atoms with E-state index in [1.807, 2.05) is 25.9 Å². The molecule has 0 spiro atoms. The molecule has 0 aliphatic carbocycles. The Morgan fingerprint density at radius 1 is 1.02 bits per heavy atom. The van der Waals surface area contributed by atoms with Crippen molar-refractivity contribution < 1.29 is 195 Å². The van der Waals surface area contributed by atoms with E-state index < -0.39 is 95.8 Å². The molecule has 18 heteroatoms. The van der Waals surface area contributed by atoms with Gasteiger partial charge in [-0.25, -0.2) is 4.79 Å². The van der Waals surface area contributed by atoms with Gasteiger partial charge in [0, 0.05) is 170 Å². The van der Waals surface area contributed by atoms with Crippen LogP contribution < -0.4 is 5.32 Å². The minimum atomic E-state index is -1.72. The molecule has 3 aliphatic rings. The Hall–Kier alpha value is 1.85. The maximum Gasteiger partial charge on any atom is 0.408 e. The number of hydrogen-bond acceptors (Lipinski definition) is 14. The number of likely N-dealkylation sites (N-methyl/N-ethyl adjacent to an activating group) is 1. The number of cyclic esters (lactones) is 1. The molecule has 0 aromatic rings. The molecule has 2 saturated heterocycles. The van der Waals surface area contributed by atoms with E-state index in [-0.39, 0.29) is 181 Å². The van der Waals surface area contributed by atoms with Gasteiger partial charge in [0.2, 0.25) is 0 Å². The molecule has 2 fully saturated rings. The van der Waals surface area contributed by atoms with Crippen molar-refractivity contribution in [1.29, 1.82) is 0 Å². The maximum absolute atomic E-state index is 14.3. The summed E-state index contributed by atoms with van der Waals surface area (Å²) in [5.41, 5.74) is -4.22. The maximum atomic E-state index is 14.3. The van der Waals surface area contributed by atoms with E-state index >= 15 is 0 Å². The van der Waals surface area contributed by atoms with E-state index in [4.69, 9.17) is 33.2 Å². The summed E-state index contributed by atoms with van der Waals surface area (Å²) in [4.78, 5) is 43.8. The number of amides is 1. The Kier molecular flexibility index (Phi) is 27.1. The number of hydrogen-bond donors (Lipinski definition) is 4. The molecule has 1 unspecified atom stereocenters. The summed E-state index contributed by atoms with van der Waals surface area (Å²) >= 11 is 0. The van der Waals surface area contributed by atoms with Crippen LogP contribution in [0.5, 0.6) is 0 Å². The molecule has 331 valence electrons. The van der Waals surface area contributed by atoms with Gasteiger partial charge in [0.15, 0.2) is 18.4 Å². The molecule has 1 amide bonds. The van der Waals surface area contributed by atoms with Crippen LogP contribution in [-0.2, 0) is 42.7 Å². The minimum absolute atomic E-state index is 0. The van der Waals surface area contributed by atoms with Crippen molar-refractivity contribution in [1.82, 2.24) is 10.2 Å². The smallest absolute Gasteiger partial charge is 0.408 e. The Bertz CT molecular complexity index is 1410. The van der Waals surface area contributed by atoms with Crippen LogP contribution in [0.25, 0.3) is 0 Å². The van der Waals surface area contributed by atoms with Gasteiger partial charge in [-0.2, -0.15) is 0 Å². The summed E-state index contributed by atoms with van der Waals surface area (Å²) in [6.07, 6.45) is -5.98. The fourth-order valence-electron chi connectivity index (χ4n) is 8.57. The van der Waals surface area contributed by atoms with Gasteiger partial charge in [0.25, 0.3) is 0 Å². The summed E-state index contributed by atoms with van der Waals surface area (Å²) in [7, 11) is 5.18. The molecule has 3 aliphatic heterocycles. The van der Waals surface area contributed by atoms with Gasteiger partial charge in [-0.3, -0.25) is 9.59 Å². The van der Waals surface area contributed by atoms with Crippen molar-refractivity contribution in [2.45, 2.75) is 173 Å². The first-order valence-electron chi connectivity index (χ1n) is 19.9. The van der Waals surface area contributed by atoms with Crippen LogP contribution in [0.2, 0.25) is 0 Å². The van der Waals surface area contributed by atoms with Crippen LogP contribution in [0, 0.1) is 150 Å². The number of allylic oxidation sites excluding steroid dienone is 1. The predicted molar refractivity (Wildman–Crippen MR) is 207 cm³/mol. The zero-order valence-corrected chi connectivity index (χ0v) is 51.7. The Balaban J connectivity index is 0.0000112. The van der Waals surface area contributed by atoms with Gasteiger partial charge < -0.3 is 58.7 Å². The number of Topliss-reactive ketones (excluding diaryl/α,β-unsaturated/α-hetero) is 1. The van der Waals surface area contributed by atoms with Crippen molar-refractivity contribution >= 4 is 17.8 Å². The third kappa shape index (κ3) is 15.7. The molecule has 3 rings (SSSR count). The summed E-state index contributed by atoms with van der Waals surface area (Å²) < 4.78 is 44.1. The molecule has 3 heterocycles. The largest absolute Gasteiger partial charge is 0.459 e. The zero-order valence-electron chi connectivity index (χ0n) is 37.5. The van der Waals surface area contributed by atoms with Gasteiger partial charge in [0.05, 0.1) is 29.8 Å². The molecular formula is C41H70Ac3N2O13. The average molecular weight is 1480 g/mol. The first-order chi connectivity index (χ1) is 25.9. The first-order valence-corrected chi connectivity index (χ1v) is 19.9. The molecular weight excluding hydrogens is 1410 g/mol. The quantitative estimate of drug-likeness (QED) is 0.183. The fraction of sp³-hybridized carbons (Fsp3) is 0.829. The van der Waals surface area contributed by atoms with Crippen molar-refractivity contribution in [3.8, 4) is 0 Å². The van der Waals surface area contributed by atoms with Gasteiger partial charge in [-0.1, -0.05) is 26.8 Å². The van der Waals surface area contributed by atoms with Gasteiger partial charge >= 0.3 is 12.1 Å². The van der Waals surface area contributed by atoms with E-state index in [1.165, 1.54) is 26.2 Å². The van der Waals surface area contributed by atoms with Crippen LogP contribution in [-0.4, -0.2) is 144 Å². The second-order valence-electron chi connectivity index (χ2n) is 17.0. The van der Waals surface area contributed by atoms with Gasteiger partial charge in [-0.05, 0) is 93.5 Å². The Morgan fingerprint density at radius 2 is 1.63 bits per heavy atom. The standard InChI is InChI=1S/C41H70N2O13.3Ac/c1-15-17-42-38(48)56-41(11)20-23(4)31(44)22(3)19-39(9,49)29(16-2)53-36(47)26(7)33(54-30-21-40(10,50-14)34(46)27(8)52-30)25(6)35(41)55-37-32(45)28(43(12)13)18-24(5)51-37;;;/h15,19,23-30,32-35,37,45-46,49H,1,16-18,20-21H2,2-14H3,(H,42,48);;;/b22-19+;;;/t23-,24-,25+,26-,27+,28+,29-,30+,32-,33+,34+,35-,37?,39+,40-,41-;;;/m1.../s1. The third-order valence-electron chi connectivity index (χ3n) is 11.9. The summed E-state index contributed by atoms with van der Waals surface area (Å²) in [6, 6.07) is -0.357. The number of carbonyl (C=O) groups excluding carboxylic acids is 3. The number of methoxy groups -OCH3 is 1. The normalized spacial score (nSPS) is 42.0. The number of ketones is 1. The Labute approximate surface area is 459 Å². The number of rotatable bonds is 10. The summed E-state index contributed by atoms with van der Waals surface area (Å²) in [5.74, 6) is -3.79. The van der Waals surface area contributed by atoms with Crippen LogP contribution in [0.4, 0.5) is 4.79 Å². The monoisotopic (exact) mass is 1480 g/mol. The molecule has 3 radical (unpaired) electrons. The molecule has 4 N–H and O–H groups in total. The SMILES string of the molecule is C=CCNC(=O)O[C@]1(C)C[C@@H](C)C(=O)/C(C)=C/[C@](C)(O)[C@@H](CC)OC(=O)[C@H](C)[C@@H](O[C@H]2C[C@@](C)(OC)[C@@H](O)[C@H](C)O2)[C@H](C)[C@H]1OC1O[C@H](C)C[C@H](N(C)C)[C@H]1O.[Ac].[Ac].[Ac]. The van der Waals surface area contributed by atoms with E-state index in [0.29, 0.717) is 6.42 Å². The van der Waals surface area contributed by atoms with Crippen LogP contribution in [0.3, 0.4) is 0 Å². The van der Waals surface area contributed by atoms with E-state index in [9.17, 15) is 29.7 Å². The van der Waals surface area contributed by atoms with Gasteiger partial charge in [-0.15, -0.1) is 6.58 Å². The fourth-order valence-corrected chi connectivity index (χ4v) is 8.57. The van der Waals surface area contributed by atoms with E-state index in [1.54, 1.807) is 55.4 Å². The number of ether oxygens (including phenoxy) is 7. The molecule has 16 atom stereocenters. The second-order valence-corrected chi connectivity index (χ2v) is 17.0. The molecule has 15 nitrogen and oxygen atoms in total. The third-order valence-corrected chi connectivity index (χ3v) is 11.9. The Morgan fingerprint density at radius 3 is 2.17 bits per heavy atom. The number of aliphatic hydroxyl groups excluding tert-OH is 2. The first kappa shape index (κ1) is 60.9. The number of carbonyl (C=O) groups is 3. The molecule has 0 aromatic heterocycles. The number of nitrogens with one attached hydrogen (secondary N) is 1. The molecule has 59 heavy (non-hydrogen) atoms. The van der Waals surface area contributed by atoms with Crippen molar-refractivity contribution in [3.63, 3.8) is 0 Å². The number of alkyl carbamates (subject to hydrolysis) is 1. The van der Waals surface area contributed by atoms with Crippen LogP contribution in [0.1, 0.15) is 94.9 Å². The van der Waals surface area contributed by atoms with E-state index in [0.717, 1.165) is 0 Å². The number of esters is 1. The molecule has 0 bridgehead atoms.